The number of halogens is 1. The molecule has 24 heavy (non-hydrogen) atoms. The molecular weight excluding hydrogens is 322 g/mol. The summed E-state index contributed by atoms with van der Waals surface area (Å²) in [6, 6.07) is 3.35. The molecule has 3 nitrogen and oxygen atoms in total. The summed E-state index contributed by atoms with van der Waals surface area (Å²) < 4.78 is 5.46. The van der Waals surface area contributed by atoms with Gasteiger partial charge in [0.1, 0.15) is 10.9 Å². The molecule has 0 saturated heterocycles. The maximum atomic E-state index is 12.3. The van der Waals surface area contributed by atoms with Crippen molar-refractivity contribution in [3.8, 4) is 5.75 Å². The largest absolute Gasteiger partial charge is 0.425 e. The minimum absolute atomic E-state index is 0.0453. The molecule has 4 heteroatoms. The van der Waals surface area contributed by atoms with E-state index in [-0.39, 0.29) is 11.9 Å². The van der Waals surface area contributed by atoms with E-state index in [1.807, 2.05) is 0 Å². The first-order chi connectivity index (χ1) is 11.7. The highest BCUT2D eigenvalue weighted by Crippen LogP contribution is 2.42. The van der Waals surface area contributed by atoms with Crippen LogP contribution < -0.4 is 4.74 Å². The third kappa shape index (κ3) is 4.50. The van der Waals surface area contributed by atoms with Gasteiger partial charge in [-0.05, 0) is 68.4 Å². The maximum absolute atomic E-state index is 12.3. The Kier molecular flexibility index (Phi) is 6.15. The van der Waals surface area contributed by atoms with Gasteiger partial charge in [-0.15, -0.1) is 0 Å². The van der Waals surface area contributed by atoms with E-state index >= 15 is 0 Å². The molecule has 0 N–H and O–H groups in total. The van der Waals surface area contributed by atoms with Gasteiger partial charge in [-0.2, -0.15) is 0 Å². The SMILES string of the molecule is CC[C@H]1CC[C@H](C2CCC(C(=O)Oc3ccc(Cl)nc3)CC2)CC1. The predicted molar refractivity (Wildman–Crippen MR) is 96.1 cm³/mol. The number of hydrogen-bond donors (Lipinski definition) is 0. The smallest absolute Gasteiger partial charge is 0.314 e. The summed E-state index contributed by atoms with van der Waals surface area (Å²) in [4.78, 5) is 16.3. The number of carbonyl (C=O) groups excluding carboxylic acids is 1. The lowest BCUT2D eigenvalue weighted by molar-refractivity contribution is -0.140. The van der Waals surface area contributed by atoms with Crippen LogP contribution in [-0.2, 0) is 4.79 Å². The number of carbonyl (C=O) groups is 1. The number of rotatable bonds is 4. The number of hydrogen-bond acceptors (Lipinski definition) is 3. The highest BCUT2D eigenvalue weighted by molar-refractivity contribution is 6.29. The Morgan fingerprint density at radius 1 is 1.08 bits per heavy atom. The second kappa shape index (κ2) is 8.33. The van der Waals surface area contributed by atoms with E-state index in [0.29, 0.717) is 10.9 Å². The molecule has 0 aromatic carbocycles. The van der Waals surface area contributed by atoms with Gasteiger partial charge in [0.25, 0.3) is 0 Å². The van der Waals surface area contributed by atoms with Crippen molar-refractivity contribution in [1.82, 2.24) is 4.98 Å². The van der Waals surface area contributed by atoms with Crippen LogP contribution in [0.1, 0.15) is 64.7 Å². The molecule has 0 bridgehead atoms. The number of esters is 1. The van der Waals surface area contributed by atoms with E-state index in [9.17, 15) is 4.79 Å². The molecule has 0 radical (unpaired) electrons. The summed E-state index contributed by atoms with van der Waals surface area (Å²) in [5.41, 5.74) is 0. The average Bonchev–Trinajstić information content (AvgIpc) is 2.64. The predicted octanol–water partition coefficient (Wildman–Crippen LogP) is 5.66. The summed E-state index contributed by atoms with van der Waals surface area (Å²) in [7, 11) is 0. The zero-order chi connectivity index (χ0) is 16.9. The molecule has 1 aromatic rings. The van der Waals surface area contributed by atoms with Crippen LogP contribution in [0.25, 0.3) is 0 Å². The van der Waals surface area contributed by atoms with Crippen LogP contribution in [0, 0.1) is 23.7 Å². The summed E-state index contributed by atoms with van der Waals surface area (Å²) in [6.07, 6.45) is 12.8. The molecule has 132 valence electrons. The lowest BCUT2D eigenvalue weighted by Crippen LogP contribution is -2.30. The molecule has 1 aromatic heterocycles. The summed E-state index contributed by atoms with van der Waals surface area (Å²) in [5.74, 6) is 3.11. The molecule has 1 heterocycles. The molecule has 0 spiro atoms. The van der Waals surface area contributed by atoms with Crippen LogP contribution in [0.15, 0.2) is 18.3 Å². The first-order valence-corrected chi connectivity index (χ1v) is 9.86. The molecule has 0 amide bonds. The lowest BCUT2D eigenvalue weighted by atomic mass is 9.69. The highest BCUT2D eigenvalue weighted by Gasteiger charge is 2.33. The van der Waals surface area contributed by atoms with Crippen molar-refractivity contribution in [2.75, 3.05) is 0 Å². The van der Waals surface area contributed by atoms with Crippen molar-refractivity contribution in [1.29, 1.82) is 0 Å². The zero-order valence-corrected chi connectivity index (χ0v) is 15.3. The first kappa shape index (κ1) is 17.7. The first-order valence-electron chi connectivity index (χ1n) is 9.49. The van der Waals surface area contributed by atoms with Gasteiger partial charge in [-0.3, -0.25) is 4.79 Å². The summed E-state index contributed by atoms with van der Waals surface area (Å²) >= 11 is 5.75. The standard InChI is InChI=1S/C20H28ClNO2/c1-2-14-3-5-15(6-4-14)16-7-9-17(10-8-16)20(23)24-18-11-12-19(21)22-13-18/h11-17H,2-10H2,1H3/t14-,15-,16?,17?. The third-order valence-electron chi connectivity index (χ3n) is 6.16. The van der Waals surface area contributed by atoms with Crippen LogP contribution >= 0.6 is 11.6 Å². The van der Waals surface area contributed by atoms with Gasteiger partial charge in [0.2, 0.25) is 0 Å². The van der Waals surface area contributed by atoms with Gasteiger partial charge in [0.15, 0.2) is 0 Å². The Labute approximate surface area is 150 Å². The van der Waals surface area contributed by atoms with Crippen LogP contribution in [0.5, 0.6) is 5.75 Å². The fourth-order valence-corrected chi connectivity index (χ4v) is 4.63. The number of aromatic nitrogens is 1. The van der Waals surface area contributed by atoms with Crippen molar-refractivity contribution < 1.29 is 9.53 Å². The van der Waals surface area contributed by atoms with Gasteiger partial charge >= 0.3 is 5.97 Å². The van der Waals surface area contributed by atoms with E-state index in [2.05, 4.69) is 11.9 Å². The maximum Gasteiger partial charge on any atom is 0.314 e. The van der Waals surface area contributed by atoms with Crippen molar-refractivity contribution in [2.24, 2.45) is 23.7 Å². The van der Waals surface area contributed by atoms with Crippen LogP contribution in [0.4, 0.5) is 0 Å². The van der Waals surface area contributed by atoms with Crippen molar-refractivity contribution in [2.45, 2.75) is 64.7 Å². The molecular formula is C20H28ClNO2. The minimum Gasteiger partial charge on any atom is -0.425 e. The molecule has 3 rings (SSSR count). The van der Waals surface area contributed by atoms with Crippen LogP contribution in [0.2, 0.25) is 5.15 Å². The average molecular weight is 350 g/mol. The summed E-state index contributed by atoms with van der Waals surface area (Å²) in [6.45, 7) is 2.32. The van der Waals surface area contributed by atoms with E-state index in [0.717, 1.165) is 30.6 Å². The van der Waals surface area contributed by atoms with E-state index in [1.54, 1.807) is 12.1 Å². The Balaban J connectivity index is 1.44. The van der Waals surface area contributed by atoms with Crippen molar-refractivity contribution in [3.05, 3.63) is 23.5 Å². The molecule has 0 unspecified atom stereocenters. The van der Waals surface area contributed by atoms with Gasteiger partial charge in [0.05, 0.1) is 12.1 Å². The van der Waals surface area contributed by atoms with Crippen molar-refractivity contribution >= 4 is 17.6 Å². The van der Waals surface area contributed by atoms with Gasteiger partial charge in [-0.1, -0.05) is 37.8 Å². The van der Waals surface area contributed by atoms with Gasteiger partial charge in [0, 0.05) is 0 Å². The quantitative estimate of drug-likeness (QED) is 0.519. The van der Waals surface area contributed by atoms with Gasteiger partial charge < -0.3 is 4.74 Å². The Morgan fingerprint density at radius 2 is 1.71 bits per heavy atom. The Bertz CT molecular complexity index is 529. The molecule has 0 atom stereocenters. The second-order valence-corrected chi connectivity index (χ2v) is 7.93. The second-order valence-electron chi connectivity index (χ2n) is 7.54. The molecule has 0 aliphatic heterocycles. The van der Waals surface area contributed by atoms with E-state index < -0.39 is 0 Å². The minimum atomic E-state index is -0.104. The van der Waals surface area contributed by atoms with Gasteiger partial charge in [-0.25, -0.2) is 4.98 Å². The Morgan fingerprint density at radius 3 is 2.25 bits per heavy atom. The fourth-order valence-electron chi connectivity index (χ4n) is 4.52. The molecule has 2 saturated carbocycles. The number of nitrogens with zero attached hydrogens (tertiary/aromatic N) is 1. The Hall–Kier alpha value is -1.09. The monoisotopic (exact) mass is 349 g/mol. The van der Waals surface area contributed by atoms with Crippen LogP contribution in [-0.4, -0.2) is 11.0 Å². The van der Waals surface area contributed by atoms with Crippen molar-refractivity contribution in [3.63, 3.8) is 0 Å². The highest BCUT2D eigenvalue weighted by atomic mass is 35.5. The van der Waals surface area contributed by atoms with E-state index in [4.69, 9.17) is 16.3 Å². The topological polar surface area (TPSA) is 39.2 Å². The number of pyridine rings is 1. The number of ether oxygens (including phenoxy) is 1. The zero-order valence-electron chi connectivity index (χ0n) is 14.5. The summed E-state index contributed by atoms with van der Waals surface area (Å²) in [5, 5.41) is 0.410. The molecule has 2 fully saturated rings. The lowest BCUT2D eigenvalue weighted by Gasteiger charge is -2.37. The molecule has 2 aliphatic rings. The third-order valence-corrected chi connectivity index (χ3v) is 6.38. The van der Waals surface area contributed by atoms with E-state index in [1.165, 1.54) is 51.1 Å². The molecule has 2 aliphatic carbocycles. The fraction of sp³-hybridized carbons (Fsp3) is 0.700. The normalized spacial score (nSPS) is 30.8. The van der Waals surface area contributed by atoms with Crippen LogP contribution in [0.3, 0.4) is 0 Å².